The van der Waals surface area contributed by atoms with E-state index in [0.717, 1.165) is 0 Å². The average Bonchev–Trinajstić information content (AvgIpc) is 2.96. The number of halogens is 1. The normalized spacial score (nSPS) is 13.9. The Balaban J connectivity index is 1.43. The van der Waals surface area contributed by atoms with Crippen LogP contribution in [0.25, 0.3) is 0 Å². The maximum absolute atomic E-state index is 14.0. The highest BCUT2D eigenvalue weighted by atomic mass is 19.1. The van der Waals surface area contributed by atoms with Gasteiger partial charge in [-0.05, 0) is 35.9 Å². The molecule has 1 aliphatic rings. The van der Waals surface area contributed by atoms with Crippen molar-refractivity contribution < 1.29 is 28.3 Å². The first-order chi connectivity index (χ1) is 19.4. The summed E-state index contributed by atoms with van der Waals surface area (Å²) >= 11 is 0. The van der Waals surface area contributed by atoms with Crippen LogP contribution in [0.4, 0.5) is 10.1 Å². The van der Waals surface area contributed by atoms with Gasteiger partial charge in [0.2, 0.25) is 5.88 Å². The van der Waals surface area contributed by atoms with Gasteiger partial charge in [0.25, 0.3) is 5.69 Å². The summed E-state index contributed by atoms with van der Waals surface area (Å²) in [5.41, 5.74) is 7.31. The first-order valence-corrected chi connectivity index (χ1v) is 12.0. The van der Waals surface area contributed by atoms with Crippen molar-refractivity contribution in [3.8, 4) is 23.3 Å². The molecule has 1 heterocycles. The molecule has 0 saturated carbocycles. The molecule has 1 aliphatic heterocycles. The Hall–Kier alpha value is -5.69. The number of ether oxygens (including phenoxy) is 3. The molecule has 0 amide bonds. The van der Waals surface area contributed by atoms with Gasteiger partial charge in [0.15, 0.2) is 0 Å². The van der Waals surface area contributed by atoms with Crippen molar-refractivity contribution in [2.75, 3.05) is 0 Å². The lowest BCUT2D eigenvalue weighted by atomic mass is 9.83. The molecule has 0 aliphatic carbocycles. The van der Waals surface area contributed by atoms with E-state index in [1.165, 1.54) is 42.5 Å². The van der Waals surface area contributed by atoms with Crippen LogP contribution in [-0.2, 0) is 6.61 Å². The van der Waals surface area contributed by atoms with Gasteiger partial charge >= 0.3 is 5.97 Å². The molecule has 2 N–H and O–H groups in total. The summed E-state index contributed by atoms with van der Waals surface area (Å²) in [6.07, 6.45) is 0. The molecule has 198 valence electrons. The van der Waals surface area contributed by atoms with Gasteiger partial charge in [-0.3, -0.25) is 10.1 Å². The minimum atomic E-state index is -0.916. The third kappa shape index (κ3) is 5.16. The molecule has 1 unspecified atom stereocenters. The van der Waals surface area contributed by atoms with Gasteiger partial charge in [0.1, 0.15) is 46.9 Å². The summed E-state index contributed by atoms with van der Waals surface area (Å²) in [4.78, 5) is 23.3. The molecular formula is C30H20FN3O6. The number of rotatable bonds is 7. The van der Waals surface area contributed by atoms with Gasteiger partial charge in [0, 0.05) is 23.3 Å². The number of nitrogens with zero attached hydrogens (tertiary/aromatic N) is 2. The molecule has 4 aromatic rings. The van der Waals surface area contributed by atoms with Crippen molar-refractivity contribution in [3.63, 3.8) is 0 Å². The second-order valence-corrected chi connectivity index (χ2v) is 8.74. The minimum Gasteiger partial charge on any atom is -0.489 e. The molecule has 5 rings (SSSR count). The number of carbonyl (C=O) groups is 1. The molecule has 4 aromatic carbocycles. The standard InChI is InChI=1S/C30H20FN3O6/c31-25-10-3-1-6-19(25)17-38-20-8-5-7-18(14-20)28-23-13-12-21(15-27(23)40-29(33)24(28)16-32)39-30(35)22-9-2-4-11-26(22)34(36)37/h1-15,28H,17,33H2. The lowest BCUT2D eigenvalue weighted by Crippen LogP contribution is -2.21. The number of nitro groups is 1. The van der Waals surface area contributed by atoms with E-state index in [1.54, 1.807) is 48.5 Å². The average molecular weight is 538 g/mol. The number of hydrogen-bond donors (Lipinski definition) is 1. The van der Waals surface area contributed by atoms with E-state index >= 15 is 0 Å². The number of hydrogen-bond acceptors (Lipinski definition) is 8. The second-order valence-electron chi connectivity index (χ2n) is 8.74. The zero-order valence-electron chi connectivity index (χ0n) is 20.7. The fourth-order valence-corrected chi connectivity index (χ4v) is 4.37. The lowest BCUT2D eigenvalue weighted by molar-refractivity contribution is -0.385. The molecule has 0 bridgehead atoms. The summed E-state index contributed by atoms with van der Waals surface area (Å²) in [6, 6.07) is 25.4. The molecule has 0 saturated heterocycles. The van der Waals surface area contributed by atoms with E-state index < -0.39 is 16.8 Å². The quantitative estimate of drug-likeness (QED) is 0.136. The van der Waals surface area contributed by atoms with E-state index in [1.807, 2.05) is 0 Å². The Morgan fingerprint density at radius 1 is 1.02 bits per heavy atom. The SMILES string of the molecule is N#CC1=C(N)Oc2cc(OC(=O)c3ccccc3[N+](=O)[O-])ccc2C1c1cccc(OCc2ccccc2F)c1. The van der Waals surface area contributed by atoms with E-state index in [2.05, 4.69) is 6.07 Å². The van der Waals surface area contributed by atoms with E-state index in [-0.39, 0.29) is 46.6 Å². The molecule has 0 spiro atoms. The minimum absolute atomic E-state index is 0.0118. The third-order valence-electron chi connectivity index (χ3n) is 6.27. The number of nitro benzene ring substituents is 1. The van der Waals surface area contributed by atoms with Crippen LogP contribution in [0, 0.1) is 27.3 Å². The Morgan fingerprint density at radius 2 is 1.80 bits per heavy atom. The fraction of sp³-hybridized carbons (Fsp3) is 0.0667. The number of nitrogens with two attached hydrogens (primary N) is 1. The number of fused-ring (bicyclic) bond motifs is 1. The smallest absolute Gasteiger partial charge is 0.350 e. The van der Waals surface area contributed by atoms with Gasteiger partial charge in [-0.15, -0.1) is 0 Å². The summed E-state index contributed by atoms with van der Waals surface area (Å²) in [5, 5.41) is 21.2. The van der Waals surface area contributed by atoms with Crippen LogP contribution in [0.5, 0.6) is 17.2 Å². The summed E-state index contributed by atoms with van der Waals surface area (Å²) in [5.74, 6) is -1.29. The van der Waals surface area contributed by atoms with Crippen molar-refractivity contribution in [2.45, 2.75) is 12.5 Å². The Bertz CT molecular complexity index is 1710. The Kier molecular flexibility index (Phi) is 7.11. The monoisotopic (exact) mass is 537 g/mol. The van der Waals surface area contributed by atoms with Gasteiger partial charge < -0.3 is 19.9 Å². The fourth-order valence-electron chi connectivity index (χ4n) is 4.37. The number of benzene rings is 4. The van der Waals surface area contributed by atoms with Crippen LogP contribution in [0.3, 0.4) is 0 Å². The second kappa shape index (κ2) is 11.0. The summed E-state index contributed by atoms with van der Waals surface area (Å²) in [7, 11) is 0. The van der Waals surface area contributed by atoms with Crippen LogP contribution < -0.4 is 19.9 Å². The lowest BCUT2D eigenvalue weighted by Gasteiger charge is -2.27. The number of allylic oxidation sites excluding steroid dienone is 1. The molecular weight excluding hydrogens is 517 g/mol. The highest BCUT2D eigenvalue weighted by Crippen LogP contribution is 2.44. The number of nitriles is 1. The maximum atomic E-state index is 14.0. The predicted molar refractivity (Wildman–Crippen MR) is 141 cm³/mol. The van der Waals surface area contributed by atoms with Gasteiger partial charge in [0.05, 0.1) is 10.8 Å². The van der Waals surface area contributed by atoms with Crippen LogP contribution in [0.15, 0.2) is 102 Å². The van der Waals surface area contributed by atoms with E-state index in [9.17, 15) is 24.6 Å². The molecule has 0 radical (unpaired) electrons. The zero-order valence-corrected chi connectivity index (χ0v) is 20.7. The highest BCUT2D eigenvalue weighted by Gasteiger charge is 2.31. The molecule has 0 aromatic heterocycles. The molecule has 40 heavy (non-hydrogen) atoms. The van der Waals surface area contributed by atoms with Gasteiger partial charge in [-0.1, -0.05) is 48.5 Å². The molecule has 9 nitrogen and oxygen atoms in total. The topological polar surface area (TPSA) is 138 Å². The molecule has 1 atom stereocenters. The Morgan fingerprint density at radius 3 is 2.58 bits per heavy atom. The molecule has 10 heteroatoms. The largest absolute Gasteiger partial charge is 0.489 e. The first-order valence-electron chi connectivity index (χ1n) is 12.0. The van der Waals surface area contributed by atoms with E-state index in [4.69, 9.17) is 19.9 Å². The van der Waals surface area contributed by atoms with E-state index in [0.29, 0.717) is 22.4 Å². The summed E-state index contributed by atoms with van der Waals surface area (Å²) < 4.78 is 30.9. The van der Waals surface area contributed by atoms with Crippen LogP contribution >= 0.6 is 0 Å². The molecule has 0 fully saturated rings. The van der Waals surface area contributed by atoms with Crippen molar-refractivity contribution in [1.82, 2.24) is 0 Å². The highest BCUT2D eigenvalue weighted by molar-refractivity contribution is 5.95. The van der Waals surface area contributed by atoms with Crippen LogP contribution in [-0.4, -0.2) is 10.9 Å². The Labute approximate surface area is 227 Å². The van der Waals surface area contributed by atoms with Crippen LogP contribution in [0.2, 0.25) is 0 Å². The zero-order chi connectivity index (χ0) is 28.2. The number of carbonyl (C=O) groups excluding carboxylic acids is 1. The predicted octanol–water partition coefficient (Wildman–Crippen LogP) is 5.75. The van der Waals surface area contributed by atoms with Crippen molar-refractivity contribution in [2.24, 2.45) is 5.73 Å². The van der Waals surface area contributed by atoms with Crippen molar-refractivity contribution >= 4 is 11.7 Å². The van der Waals surface area contributed by atoms with Crippen LogP contribution in [0.1, 0.15) is 33.0 Å². The first kappa shape index (κ1) is 25.9. The number of para-hydroxylation sites is 1. The third-order valence-corrected chi connectivity index (χ3v) is 6.27. The van der Waals surface area contributed by atoms with Gasteiger partial charge in [-0.2, -0.15) is 5.26 Å². The summed E-state index contributed by atoms with van der Waals surface area (Å²) in [6.45, 7) is 0.0118. The maximum Gasteiger partial charge on any atom is 0.350 e. The van der Waals surface area contributed by atoms with Crippen molar-refractivity contribution in [1.29, 1.82) is 5.26 Å². The van der Waals surface area contributed by atoms with Gasteiger partial charge in [-0.25, -0.2) is 9.18 Å². The number of esters is 1. The van der Waals surface area contributed by atoms with Crippen molar-refractivity contribution in [3.05, 3.63) is 141 Å².